The number of rotatable bonds is 4. The van der Waals surface area contributed by atoms with Crippen LogP contribution >= 0.6 is 22.9 Å². The van der Waals surface area contributed by atoms with Gasteiger partial charge < -0.3 is 0 Å². The summed E-state index contributed by atoms with van der Waals surface area (Å²) in [5.74, 6) is 0.239. The molecule has 1 rings (SSSR count). The lowest BCUT2D eigenvalue weighted by atomic mass is 10.2. The van der Waals surface area contributed by atoms with E-state index in [1.807, 2.05) is 6.92 Å². The van der Waals surface area contributed by atoms with Crippen LogP contribution in [0, 0.1) is 0 Å². The van der Waals surface area contributed by atoms with Crippen molar-refractivity contribution in [2.75, 3.05) is 0 Å². The molecule has 1 aromatic heterocycles. The maximum atomic E-state index is 11.1. The summed E-state index contributed by atoms with van der Waals surface area (Å²) in [5, 5.41) is 3.05. The Balaban J connectivity index is 2.46. The van der Waals surface area contributed by atoms with Crippen LogP contribution in [-0.4, -0.2) is 10.8 Å². The maximum absolute atomic E-state index is 11.1. The molecule has 0 unspecified atom stereocenters. The minimum atomic E-state index is 0.239. The first-order chi connectivity index (χ1) is 5.72. The Hall–Kier alpha value is -0.410. The summed E-state index contributed by atoms with van der Waals surface area (Å²) in [5.41, 5.74) is 0. The molecule has 0 radical (unpaired) electrons. The highest BCUT2D eigenvalue weighted by molar-refractivity contribution is 7.10. The summed E-state index contributed by atoms with van der Waals surface area (Å²) in [7, 11) is 0. The molecule has 0 amide bonds. The van der Waals surface area contributed by atoms with Gasteiger partial charge >= 0.3 is 0 Å². The van der Waals surface area contributed by atoms with E-state index in [0.717, 1.165) is 11.4 Å². The fraction of sp³-hybridized carbons (Fsp3) is 0.500. The monoisotopic (exact) mass is 203 g/mol. The Morgan fingerprint density at radius 1 is 1.75 bits per heavy atom. The van der Waals surface area contributed by atoms with E-state index in [1.165, 1.54) is 11.3 Å². The number of hydrogen-bond donors (Lipinski definition) is 0. The van der Waals surface area contributed by atoms with Gasteiger partial charge in [0.2, 0.25) is 0 Å². The lowest BCUT2D eigenvalue weighted by Gasteiger charge is -1.92. The highest BCUT2D eigenvalue weighted by Crippen LogP contribution is 2.15. The van der Waals surface area contributed by atoms with Crippen LogP contribution in [-0.2, 0) is 11.2 Å². The second kappa shape index (κ2) is 4.58. The number of ketones is 1. The molecule has 12 heavy (non-hydrogen) atoms. The number of carbonyl (C=O) groups excluding carboxylic acids is 1. The second-order valence-electron chi connectivity index (χ2n) is 2.53. The summed E-state index contributed by atoms with van der Waals surface area (Å²) in [6.07, 6.45) is 1.97. The maximum Gasteiger partial charge on any atom is 0.140 e. The third kappa shape index (κ3) is 2.91. The van der Waals surface area contributed by atoms with E-state index in [2.05, 4.69) is 4.98 Å². The van der Waals surface area contributed by atoms with Gasteiger partial charge in [0, 0.05) is 11.8 Å². The zero-order chi connectivity index (χ0) is 8.97. The van der Waals surface area contributed by atoms with Gasteiger partial charge in [-0.1, -0.05) is 18.5 Å². The molecule has 0 aliphatic rings. The minimum Gasteiger partial charge on any atom is -0.299 e. The summed E-state index contributed by atoms with van der Waals surface area (Å²) in [4.78, 5) is 15.1. The first-order valence-electron chi connectivity index (χ1n) is 3.84. The number of halogens is 1. The van der Waals surface area contributed by atoms with Gasteiger partial charge in [0.15, 0.2) is 0 Å². The molecular weight excluding hydrogens is 194 g/mol. The molecule has 0 spiro atoms. The number of carbonyl (C=O) groups is 1. The fourth-order valence-electron chi connectivity index (χ4n) is 0.906. The van der Waals surface area contributed by atoms with Crippen molar-refractivity contribution in [1.82, 2.24) is 4.98 Å². The van der Waals surface area contributed by atoms with Crippen molar-refractivity contribution in [2.24, 2.45) is 0 Å². The van der Waals surface area contributed by atoms with Crippen molar-refractivity contribution in [3.8, 4) is 0 Å². The zero-order valence-corrected chi connectivity index (χ0v) is 8.41. The molecule has 66 valence electrons. The van der Waals surface area contributed by atoms with Crippen LogP contribution in [0.3, 0.4) is 0 Å². The predicted molar refractivity (Wildman–Crippen MR) is 50.7 cm³/mol. The molecule has 0 atom stereocenters. The highest BCUT2D eigenvalue weighted by Gasteiger charge is 2.05. The average molecular weight is 204 g/mol. The smallest absolute Gasteiger partial charge is 0.140 e. The molecule has 0 saturated carbocycles. The standard InChI is InChI=1S/C8H10ClNOS/c1-2-3-6(11)4-8-10-7(9)5-12-8/h5H,2-4H2,1H3. The van der Waals surface area contributed by atoms with Crippen molar-refractivity contribution in [1.29, 1.82) is 0 Å². The summed E-state index contributed by atoms with van der Waals surface area (Å²) in [6, 6.07) is 0. The van der Waals surface area contributed by atoms with Crippen molar-refractivity contribution in [3.63, 3.8) is 0 Å². The number of thiazole rings is 1. The van der Waals surface area contributed by atoms with E-state index in [0.29, 0.717) is 18.0 Å². The van der Waals surface area contributed by atoms with E-state index in [1.54, 1.807) is 5.38 Å². The van der Waals surface area contributed by atoms with Crippen molar-refractivity contribution >= 4 is 28.7 Å². The topological polar surface area (TPSA) is 30.0 Å². The van der Waals surface area contributed by atoms with Crippen molar-refractivity contribution in [2.45, 2.75) is 26.2 Å². The minimum absolute atomic E-state index is 0.239. The van der Waals surface area contributed by atoms with Crippen LogP contribution < -0.4 is 0 Å². The molecule has 1 heterocycles. The van der Waals surface area contributed by atoms with Gasteiger partial charge in [0.25, 0.3) is 0 Å². The van der Waals surface area contributed by atoms with Gasteiger partial charge in [0.1, 0.15) is 15.9 Å². The first-order valence-corrected chi connectivity index (χ1v) is 5.09. The van der Waals surface area contributed by atoms with Gasteiger partial charge in [-0.2, -0.15) is 0 Å². The highest BCUT2D eigenvalue weighted by atomic mass is 35.5. The SMILES string of the molecule is CCCC(=O)Cc1nc(Cl)cs1. The molecule has 1 aromatic rings. The Morgan fingerprint density at radius 3 is 3.00 bits per heavy atom. The van der Waals surface area contributed by atoms with Gasteiger partial charge in [-0.3, -0.25) is 4.79 Å². The Morgan fingerprint density at radius 2 is 2.50 bits per heavy atom. The Bertz CT molecular complexity index is 272. The van der Waals surface area contributed by atoms with Crippen LogP contribution in [0.4, 0.5) is 0 Å². The third-order valence-electron chi connectivity index (χ3n) is 1.40. The van der Waals surface area contributed by atoms with E-state index in [4.69, 9.17) is 11.6 Å². The van der Waals surface area contributed by atoms with Crippen LogP contribution in [0.15, 0.2) is 5.38 Å². The first kappa shape index (κ1) is 9.68. The molecule has 0 bridgehead atoms. The van der Waals surface area contributed by atoms with Crippen molar-refractivity contribution in [3.05, 3.63) is 15.5 Å². The quantitative estimate of drug-likeness (QED) is 0.753. The van der Waals surface area contributed by atoms with Gasteiger partial charge in [-0.05, 0) is 6.42 Å². The molecular formula is C8H10ClNOS. The van der Waals surface area contributed by atoms with Gasteiger partial charge in [-0.25, -0.2) is 4.98 Å². The number of Topliss-reactive ketones (excluding diaryl/α,β-unsaturated/α-hetero) is 1. The molecule has 0 aromatic carbocycles. The lowest BCUT2D eigenvalue weighted by molar-refractivity contribution is -0.118. The molecule has 0 fully saturated rings. The third-order valence-corrected chi connectivity index (χ3v) is 2.57. The van der Waals surface area contributed by atoms with Crippen molar-refractivity contribution < 1.29 is 4.79 Å². The Kier molecular flexibility index (Phi) is 3.69. The number of nitrogens with zero attached hydrogens (tertiary/aromatic N) is 1. The number of aromatic nitrogens is 1. The van der Waals surface area contributed by atoms with E-state index >= 15 is 0 Å². The normalized spacial score (nSPS) is 10.2. The average Bonchev–Trinajstić information content (AvgIpc) is 2.36. The molecule has 0 saturated heterocycles. The van der Waals surface area contributed by atoms with E-state index < -0.39 is 0 Å². The van der Waals surface area contributed by atoms with Crippen LogP contribution in [0.1, 0.15) is 24.8 Å². The predicted octanol–water partition coefficient (Wildman–Crippen LogP) is 2.71. The largest absolute Gasteiger partial charge is 0.299 e. The molecule has 2 nitrogen and oxygen atoms in total. The summed E-state index contributed by atoms with van der Waals surface area (Å²) in [6.45, 7) is 1.99. The molecule has 0 aliphatic carbocycles. The lowest BCUT2D eigenvalue weighted by Crippen LogP contribution is -2.00. The zero-order valence-electron chi connectivity index (χ0n) is 6.84. The molecule has 4 heteroatoms. The number of hydrogen-bond acceptors (Lipinski definition) is 3. The second-order valence-corrected chi connectivity index (χ2v) is 3.86. The Labute approximate surface area is 80.6 Å². The summed E-state index contributed by atoms with van der Waals surface area (Å²) >= 11 is 7.05. The summed E-state index contributed by atoms with van der Waals surface area (Å²) < 4.78 is 0. The van der Waals surface area contributed by atoms with E-state index in [9.17, 15) is 4.79 Å². The van der Waals surface area contributed by atoms with Gasteiger partial charge in [-0.15, -0.1) is 11.3 Å². The molecule has 0 N–H and O–H groups in total. The fourth-order valence-corrected chi connectivity index (χ4v) is 1.87. The van der Waals surface area contributed by atoms with E-state index in [-0.39, 0.29) is 5.78 Å². The molecule has 0 aliphatic heterocycles. The van der Waals surface area contributed by atoms with Crippen LogP contribution in [0.5, 0.6) is 0 Å². The van der Waals surface area contributed by atoms with Crippen LogP contribution in [0.2, 0.25) is 5.15 Å². The van der Waals surface area contributed by atoms with Crippen LogP contribution in [0.25, 0.3) is 0 Å². The van der Waals surface area contributed by atoms with Gasteiger partial charge in [0.05, 0.1) is 6.42 Å².